The van der Waals surface area contributed by atoms with E-state index in [4.69, 9.17) is 0 Å². The molecule has 1 N–H and O–H groups in total. The van der Waals surface area contributed by atoms with Crippen LogP contribution in [0.3, 0.4) is 0 Å². The van der Waals surface area contributed by atoms with Crippen LogP contribution in [0.4, 0.5) is 0 Å². The van der Waals surface area contributed by atoms with Crippen molar-refractivity contribution in [3.63, 3.8) is 0 Å². The molecule has 2 unspecified atom stereocenters. The number of aromatic nitrogens is 1. The summed E-state index contributed by atoms with van der Waals surface area (Å²) in [7, 11) is 0. The van der Waals surface area contributed by atoms with Crippen LogP contribution in [0.1, 0.15) is 38.2 Å². The van der Waals surface area contributed by atoms with Gasteiger partial charge in [-0.25, -0.2) is 0 Å². The normalized spacial score (nSPS) is 28.4. The van der Waals surface area contributed by atoms with Crippen LogP contribution in [0.5, 0.6) is 0 Å². The van der Waals surface area contributed by atoms with Crippen LogP contribution in [0.2, 0.25) is 0 Å². The molecule has 1 fully saturated rings. The number of hydrogen-bond donors (Lipinski definition) is 1. The molecule has 2 nitrogen and oxygen atoms in total. The van der Waals surface area contributed by atoms with Crippen molar-refractivity contribution < 1.29 is 5.11 Å². The van der Waals surface area contributed by atoms with Crippen LogP contribution in [0.25, 0.3) is 10.8 Å². The molecule has 1 aromatic carbocycles. The van der Waals surface area contributed by atoms with Crippen molar-refractivity contribution in [1.29, 1.82) is 0 Å². The SMILES string of the molecule is CC1CCCC(O)(c2cncc3ccccc23)C1. The first kappa shape index (κ1) is 11.7. The van der Waals surface area contributed by atoms with E-state index in [-0.39, 0.29) is 0 Å². The first-order valence-corrected chi connectivity index (χ1v) is 6.75. The number of rotatable bonds is 1. The summed E-state index contributed by atoms with van der Waals surface area (Å²) in [5.41, 5.74) is 0.318. The standard InChI is InChI=1S/C16H19NO/c1-12-5-4-8-16(18,9-12)15-11-17-10-13-6-2-3-7-14(13)15/h2-3,6-7,10-12,18H,4-5,8-9H2,1H3. The van der Waals surface area contributed by atoms with Crippen molar-refractivity contribution in [2.45, 2.75) is 38.2 Å². The summed E-state index contributed by atoms with van der Waals surface area (Å²) < 4.78 is 0. The minimum atomic E-state index is -0.689. The molecule has 1 aromatic heterocycles. The van der Waals surface area contributed by atoms with Gasteiger partial charge in [-0.05, 0) is 30.6 Å². The van der Waals surface area contributed by atoms with Crippen molar-refractivity contribution >= 4 is 10.8 Å². The van der Waals surface area contributed by atoms with Crippen LogP contribution >= 0.6 is 0 Å². The molecule has 0 amide bonds. The maximum atomic E-state index is 11.0. The number of benzene rings is 1. The van der Waals surface area contributed by atoms with Crippen LogP contribution in [0.15, 0.2) is 36.7 Å². The Balaban J connectivity index is 2.13. The highest BCUT2D eigenvalue weighted by molar-refractivity contribution is 5.85. The third-order valence-corrected chi connectivity index (χ3v) is 4.14. The summed E-state index contributed by atoms with van der Waals surface area (Å²) in [6, 6.07) is 8.19. The van der Waals surface area contributed by atoms with E-state index in [9.17, 15) is 5.11 Å². The molecular weight excluding hydrogens is 222 g/mol. The van der Waals surface area contributed by atoms with Crippen molar-refractivity contribution in [1.82, 2.24) is 4.98 Å². The Kier molecular flexibility index (Phi) is 2.83. The molecule has 0 radical (unpaired) electrons. The largest absolute Gasteiger partial charge is 0.385 e. The summed E-state index contributed by atoms with van der Waals surface area (Å²) in [6.45, 7) is 2.22. The van der Waals surface area contributed by atoms with Gasteiger partial charge in [0.15, 0.2) is 0 Å². The zero-order valence-corrected chi connectivity index (χ0v) is 10.8. The van der Waals surface area contributed by atoms with Crippen LogP contribution in [0, 0.1) is 5.92 Å². The molecule has 2 heteroatoms. The van der Waals surface area contributed by atoms with Gasteiger partial charge < -0.3 is 5.11 Å². The second-order valence-electron chi connectivity index (χ2n) is 5.64. The van der Waals surface area contributed by atoms with Crippen molar-refractivity contribution in [3.05, 3.63) is 42.2 Å². The fourth-order valence-corrected chi connectivity index (χ4v) is 3.26. The van der Waals surface area contributed by atoms with E-state index in [1.54, 1.807) is 0 Å². The zero-order valence-electron chi connectivity index (χ0n) is 10.8. The van der Waals surface area contributed by atoms with Gasteiger partial charge in [0, 0.05) is 23.3 Å². The van der Waals surface area contributed by atoms with Gasteiger partial charge in [0.1, 0.15) is 0 Å². The lowest BCUT2D eigenvalue weighted by molar-refractivity contribution is -0.0168. The van der Waals surface area contributed by atoms with Gasteiger partial charge >= 0.3 is 0 Å². The number of aliphatic hydroxyl groups is 1. The van der Waals surface area contributed by atoms with Gasteiger partial charge in [-0.1, -0.05) is 37.6 Å². The average molecular weight is 241 g/mol. The van der Waals surface area contributed by atoms with Crippen LogP contribution < -0.4 is 0 Å². The van der Waals surface area contributed by atoms with E-state index in [1.165, 1.54) is 6.42 Å². The number of hydrogen-bond acceptors (Lipinski definition) is 2. The summed E-state index contributed by atoms with van der Waals surface area (Å²) >= 11 is 0. The molecule has 1 saturated carbocycles. The number of fused-ring (bicyclic) bond motifs is 1. The Morgan fingerprint density at radius 1 is 1.28 bits per heavy atom. The van der Waals surface area contributed by atoms with Crippen molar-refractivity contribution in [2.75, 3.05) is 0 Å². The van der Waals surface area contributed by atoms with E-state index in [0.29, 0.717) is 5.92 Å². The molecule has 1 heterocycles. The number of nitrogens with zero attached hydrogens (tertiary/aromatic N) is 1. The minimum Gasteiger partial charge on any atom is -0.385 e. The smallest absolute Gasteiger partial charge is 0.0919 e. The fraction of sp³-hybridized carbons (Fsp3) is 0.438. The predicted molar refractivity (Wildman–Crippen MR) is 73.3 cm³/mol. The second-order valence-corrected chi connectivity index (χ2v) is 5.64. The minimum absolute atomic E-state index is 0.586. The van der Waals surface area contributed by atoms with E-state index < -0.39 is 5.60 Å². The molecule has 0 saturated heterocycles. The molecule has 1 aliphatic carbocycles. The topological polar surface area (TPSA) is 33.1 Å². The Bertz CT molecular complexity index is 561. The van der Waals surface area contributed by atoms with Gasteiger partial charge in [0.05, 0.1) is 5.60 Å². The maximum Gasteiger partial charge on any atom is 0.0919 e. The highest BCUT2D eigenvalue weighted by atomic mass is 16.3. The molecule has 0 spiro atoms. The Labute approximate surface area is 108 Å². The molecule has 94 valence electrons. The average Bonchev–Trinajstić information content (AvgIpc) is 2.38. The monoisotopic (exact) mass is 241 g/mol. The molecule has 0 aliphatic heterocycles. The second kappa shape index (κ2) is 4.36. The summed E-state index contributed by atoms with van der Waals surface area (Å²) in [5.74, 6) is 0.586. The third kappa shape index (κ3) is 1.91. The highest BCUT2D eigenvalue weighted by Crippen LogP contribution is 2.41. The highest BCUT2D eigenvalue weighted by Gasteiger charge is 2.35. The van der Waals surface area contributed by atoms with Gasteiger partial charge in [-0.3, -0.25) is 4.98 Å². The van der Waals surface area contributed by atoms with Crippen molar-refractivity contribution in [3.8, 4) is 0 Å². The molecule has 2 atom stereocenters. The Hall–Kier alpha value is -1.41. The molecule has 3 rings (SSSR count). The molecule has 0 bridgehead atoms. The summed E-state index contributed by atoms with van der Waals surface area (Å²) in [6.07, 6.45) is 7.74. The lowest BCUT2D eigenvalue weighted by atomic mass is 9.74. The van der Waals surface area contributed by atoms with Gasteiger partial charge in [-0.2, -0.15) is 0 Å². The van der Waals surface area contributed by atoms with Crippen LogP contribution in [-0.4, -0.2) is 10.1 Å². The first-order chi connectivity index (χ1) is 8.69. The van der Waals surface area contributed by atoms with E-state index in [1.807, 2.05) is 24.5 Å². The molecular formula is C16H19NO. The van der Waals surface area contributed by atoms with Gasteiger partial charge in [0.25, 0.3) is 0 Å². The summed E-state index contributed by atoms with van der Waals surface area (Å²) in [4.78, 5) is 4.30. The van der Waals surface area contributed by atoms with E-state index >= 15 is 0 Å². The quantitative estimate of drug-likeness (QED) is 0.827. The maximum absolute atomic E-state index is 11.0. The van der Waals surface area contributed by atoms with Crippen LogP contribution in [-0.2, 0) is 5.60 Å². The van der Waals surface area contributed by atoms with E-state index in [2.05, 4.69) is 24.0 Å². The Morgan fingerprint density at radius 2 is 2.11 bits per heavy atom. The third-order valence-electron chi connectivity index (χ3n) is 4.14. The zero-order chi connectivity index (χ0) is 12.6. The molecule has 18 heavy (non-hydrogen) atoms. The van der Waals surface area contributed by atoms with Crippen molar-refractivity contribution in [2.24, 2.45) is 5.92 Å². The summed E-state index contributed by atoms with van der Waals surface area (Å²) in [5, 5.41) is 13.2. The predicted octanol–water partition coefficient (Wildman–Crippen LogP) is 3.63. The molecule has 2 aromatic rings. The fourth-order valence-electron chi connectivity index (χ4n) is 3.26. The Morgan fingerprint density at radius 3 is 2.94 bits per heavy atom. The van der Waals surface area contributed by atoms with Gasteiger partial charge in [-0.15, -0.1) is 0 Å². The van der Waals surface area contributed by atoms with E-state index in [0.717, 1.165) is 35.6 Å². The molecule has 1 aliphatic rings. The van der Waals surface area contributed by atoms with Gasteiger partial charge in [0.2, 0.25) is 0 Å². The first-order valence-electron chi connectivity index (χ1n) is 6.75. The lowest BCUT2D eigenvalue weighted by Crippen LogP contribution is -2.32. The number of pyridine rings is 1. The lowest BCUT2D eigenvalue weighted by Gasteiger charge is -2.36.